The van der Waals surface area contributed by atoms with Crippen LogP contribution in [0, 0.1) is 34.5 Å². The molecule has 0 radical (unpaired) electrons. The van der Waals surface area contributed by atoms with Crippen molar-refractivity contribution in [3.8, 4) is 5.75 Å². The van der Waals surface area contributed by atoms with Crippen LogP contribution >= 0.6 is 0 Å². The van der Waals surface area contributed by atoms with Gasteiger partial charge < -0.3 is 10.2 Å². The number of aromatic hydroxyl groups is 1. The number of phenolic OH excluding ortho intramolecular Hbond substituents is 1. The number of carbonyl (C=O) groups excluding carboxylic acids is 1. The van der Waals surface area contributed by atoms with Crippen molar-refractivity contribution >= 4 is 21.9 Å². The Balaban J connectivity index is 1.75. The molecule has 4 aliphatic rings. The molecule has 0 spiro atoms. The van der Waals surface area contributed by atoms with Crippen molar-refractivity contribution in [1.82, 2.24) is 0 Å². The van der Waals surface area contributed by atoms with Gasteiger partial charge in [0.05, 0.1) is 11.0 Å². The molecule has 5 rings (SSSR count). The van der Waals surface area contributed by atoms with E-state index in [1.807, 2.05) is 6.92 Å². The van der Waals surface area contributed by atoms with Crippen LogP contribution in [0.5, 0.6) is 5.75 Å². The van der Waals surface area contributed by atoms with Gasteiger partial charge in [0.1, 0.15) is 11.0 Å². The second-order valence-corrected chi connectivity index (χ2v) is 15.8. The smallest absolute Gasteiger partial charge is 0.309 e. The molecule has 0 aliphatic heterocycles. The number of benzene rings is 1. The number of hydrogen-bond donors (Lipinski definition) is 3. The van der Waals surface area contributed by atoms with Gasteiger partial charge in [0.2, 0.25) is 0 Å². The van der Waals surface area contributed by atoms with Gasteiger partial charge in [-0.2, -0.15) is 8.42 Å². The van der Waals surface area contributed by atoms with E-state index in [1.54, 1.807) is 19.1 Å². The predicted molar refractivity (Wildman–Crippen MR) is 148 cm³/mol. The van der Waals surface area contributed by atoms with Crippen LogP contribution in [0.3, 0.4) is 0 Å². The molecule has 0 heterocycles. The molecule has 8 heteroatoms. The Bertz CT molecular complexity index is 1440. The quantitative estimate of drug-likeness (QED) is 0.219. The number of carboxylic acid groups (broad SMARTS) is 1. The Morgan fingerprint density at radius 1 is 0.974 bits per heavy atom. The number of phenols is 1. The van der Waals surface area contributed by atoms with Crippen molar-refractivity contribution in [2.24, 2.45) is 27.6 Å². The largest absolute Gasteiger partial charge is 0.507 e. The third kappa shape index (κ3) is 3.59. The number of aliphatic carboxylic acids is 1. The Kier molecular flexibility index (Phi) is 5.95. The molecular weight excluding hydrogens is 516 g/mol. The van der Waals surface area contributed by atoms with E-state index in [0.29, 0.717) is 36.0 Å². The van der Waals surface area contributed by atoms with Crippen LogP contribution < -0.4 is 0 Å². The van der Waals surface area contributed by atoms with Crippen LogP contribution in [0.4, 0.5) is 0 Å². The highest BCUT2D eigenvalue weighted by Gasteiger charge is 2.67. The molecule has 7 nitrogen and oxygen atoms in total. The normalized spacial score (nSPS) is 41.4. The van der Waals surface area contributed by atoms with Crippen LogP contribution in [-0.4, -0.2) is 34.9 Å². The Morgan fingerprint density at radius 3 is 2.15 bits per heavy atom. The zero-order chi connectivity index (χ0) is 29.1. The summed E-state index contributed by atoms with van der Waals surface area (Å²) in [6.45, 7) is 13.7. The van der Waals surface area contributed by atoms with Crippen LogP contribution in [0.2, 0.25) is 0 Å². The highest BCUT2D eigenvalue weighted by Crippen LogP contribution is 2.75. The fraction of sp³-hybridized carbons (Fsp3) is 0.677. The second-order valence-electron chi connectivity index (χ2n) is 14.3. The summed E-state index contributed by atoms with van der Waals surface area (Å²) in [6.07, 6.45) is 7.04. The highest BCUT2D eigenvalue weighted by molar-refractivity contribution is 7.86. The van der Waals surface area contributed by atoms with Crippen molar-refractivity contribution in [3.05, 3.63) is 40.0 Å². The summed E-state index contributed by atoms with van der Waals surface area (Å²) in [6, 6.07) is 1.55. The summed E-state index contributed by atoms with van der Waals surface area (Å²) in [4.78, 5) is 24.8. The van der Waals surface area contributed by atoms with Gasteiger partial charge in [-0.25, -0.2) is 0 Å². The van der Waals surface area contributed by atoms with E-state index < -0.39 is 37.6 Å². The van der Waals surface area contributed by atoms with Gasteiger partial charge in [0.25, 0.3) is 10.1 Å². The van der Waals surface area contributed by atoms with Gasteiger partial charge in [-0.15, -0.1) is 0 Å². The van der Waals surface area contributed by atoms with Crippen molar-refractivity contribution in [2.75, 3.05) is 0 Å². The summed E-state index contributed by atoms with van der Waals surface area (Å²) in [5.41, 5.74) is 0.285. The van der Waals surface area contributed by atoms with Gasteiger partial charge in [-0.1, -0.05) is 39.3 Å². The third-order valence-corrected chi connectivity index (χ3v) is 13.3. The highest BCUT2D eigenvalue weighted by atomic mass is 32.2. The van der Waals surface area contributed by atoms with Crippen LogP contribution in [0.1, 0.15) is 119 Å². The number of ketones is 1. The van der Waals surface area contributed by atoms with E-state index >= 15 is 0 Å². The number of allylic oxidation sites excluding steroid dienone is 1. The lowest BCUT2D eigenvalue weighted by Crippen LogP contribution is -2.62. The fourth-order valence-corrected chi connectivity index (χ4v) is 10.5. The maximum Gasteiger partial charge on any atom is 0.309 e. The molecule has 0 bridgehead atoms. The first kappa shape index (κ1) is 28.3. The molecule has 3 N–H and O–H groups in total. The number of hydrogen-bond acceptors (Lipinski definition) is 5. The Hall–Kier alpha value is -2.19. The number of carbonyl (C=O) groups is 2. The van der Waals surface area contributed by atoms with E-state index in [0.717, 1.165) is 31.3 Å². The average molecular weight is 559 g/mol. The molecule has 7 atom stereocenters. The van der Waals surface area contributed by atoms with Crippen molar-refractivity contribution < 1.29 is 32.8 Å². The Labute approximate surface area is 231 Å². The lowest BCUT2D eigenvalue weighted by Gasteiger charge is -2.70. The summed E-state index contributed by atoms with van der Waals surface area (Å²) in [5, 5.41) is 19.7. The summed E-state index contributed by atoms with van der Waals surface area (Å²) >= 11 is 0. The molecule has 0 saturated heterocycles. The molecule has 214 valence electrons. The van der Waals surface area contributed by atoms with E-state index in [2.05, 4.69) is 27.7 Å². The molecule has 0 aromatic heterocycles. The lowest BCUT2D eigenvalue weighted by molar-refractivity contribution is -0.177. The SMILES string of the molecule is CC(=O)c1c(O)cc2c(c1C)C(S(=O)(=O)O)C=C1[C@@]2(C)CC[C@@]2(C)[C@@H]3C[C@](C)(C(=O)O)CC[C@]3(C)CC[C@]12C. The zero-order valence-electron chi connectivity index (χ0n) is 24.1. The third-order valence-electron chi connectivity index (χ3n) is 12.3. The maximum atomic E-state index is 12.9. The minimum Gasteiger partial charge on any atom is -0.507 e. The topological polar surface area (TPSA) is 129 Å². The van der Waals surface area contributed by atoms with Gasteiger partial charge in [-0.05, 0) is 111 Å². The molecule has 4 aliphatic carbocycles. The summed E-state index contributed by atoms with van der Waals surface area (Å²) < 4.78 is 36.4. The fourth-order valence-electron chi connectivity index (χ4n) is 9.57. The lowest BCUT2D eigenvalue weighted by atomic mass is 9.34. The first-order valence-corrected chi connectivity index (χ1v) is 15.6. The minimum absolute atomic E-state index is 0.00219. The van der Waals surface area contributed by atoms with Gasteiger partial charge >= 0.3 is 5.97 Å². The summed E-state index contributed by atoms with van der Waals surface area (Å²) in [5.74, 6) is -1.17. The van der Waals surface area contributed by atoms with Crippen LogP contribution in [-0.2, 0) is 20.3 Å². The first-order chi connectivity index (χ1) is 17.8. The van der Waals surface area contributed by atoms with Crippen molar-refractivity contribution in [3.63, 3.8) is 0 Å². The molecule has 0 amide bonds. The molecule has 39 heavy (non-hydrogen) atoms. The average Bonchev–Trinajstić information content (AvgIpc) is 2.81. The first-order valence-electron chi connectivity index (χ1n) is 14.1. The standard InChI is InChI=1S/C31H42O7S/c1-17-24(18(2)32)20(33)14-19-25(17)21(39(36,37)38)15-22-29(19,5)11-13-31(7)23-16-28(4,26(34)35)9-8-27(23,3)10-12-30(22,31)6/h14-15,21,23,33H,8-13,16H2,1-7H3,(H,34,35)(H,36,37,38)/t21?,23-,27-,28-,29+,30-,31+/m1/s1. The number of carboxylic acids is 1. The predicted octanol–water partition coefficient (Wildman–Crippen LogP) is 6.53. The molecular formula is C31H42O7S. The molecule has 3 fully saturated rings. The zero-order valence-corrected chi connectivity index (χ0v) is 25.0. The van der Waals surface area contributed by atoms with Crippen molar-refractivity contribution in [2.45, 2.75) is 104 Å². The summed E-state index contributed by atoms with van der Waals surface area (Å²) in [7, 11) is -4.59. The van der Waals surface area contributed by atoms with E-state index in [4.69, 9.17) is 0 Å². The number of Topliss-reactive ketones (excluding diaryl/α,β-unsaturated/α-hetero) is 1. The van der Waals surface area contributed by atoms with E-state index in [-0.39, 0.29) is 33.8 Å². The van der Waals surface area contributed by atoms with Crippen LogP contribution in [0.25, 0.3) is 0 Å². The van der Waals surface area contributed by atoms with Crippen molar-refractivity contribution in [1.29, 1.82) is 0 Å². The minimum atomic E-state index is -4.59. The molecule has 1 aromatic rings. The van der Waals surface area contributed by atoms with Gasteiger partial charge in [0, 0.05) is 5.41 Å². The van der Waals surface area contributed by atoms with Gasteiger partial charge in [-0.3, -0.25) is 14.1 Å². The van der Waals surface area contributed by atoms with Gasteiger partial charge in [0.15, 0.2) is 5.78 Å². The second kappa shape index (κ2) is 8.19. The molecule has 1 aromatic carbocycles. The molecule has 3 saturated carbocycles. The number of fused-ring (bicyclic) bond motifs is 7. The molecule has 1 unspecified atom stereocenters. The monoisotopic (exact) mass is 558 g/mol. The Morgan fingerprint density at radius 2 is 1.59 bits per heavy atom. The maximum absolute atomic E-state index is 12.9. The number of rotatable bonds is 3. The van der Waals surface area contributed by atoms with E-state index in [1.165, 1.54) is 6.92 Å². The van der Waals surface area contributed by atoms with Crippen LogP contribution in [0.15, 0.2) is 17.7 Å². The van der Waals surface area contributed by atoms with E-state index in [9.17, 15) is 32.8 Å².